The number of ether oxygens (including phenoxy) is 1. The summed E-state index contributed by atoms with van der Waals surface area (Å²) in [6, 6.07) is 22.6. The maximum Gasteiger partial charge on any atom is 0.255 e. The van der Waals surface area contributed by atoms with Crippen molar-refractivity contribution in [1.29, 1.82) is 0 Å². The van der Waals surface area contributed by atoms with Crippen LogP contribution in [0.5, 0.6) is 5.75 Å². The number of methoxy groups -OCH3 is 1. The monoisotopic (exact) mass is 445 g/mol. The van der Waals surface area contributed by atoms with Crippen LogP contribution in [-0.2, 0) is 6.42 Å². The summed E-state index contributed by atoms with van der Waals surface area (Å²) in [5, 5.41) is 11.7. The van der Waals surface area contributed by atoms with Gasteiger partial charge in [-0.05, 0) is 60.7 Å². The Morgan fingerprint density at radius 2 is 1.48 bits per heavy atom. The first-order valence-corrected chi connectivity index (χ1v) is 11.4. The molecule has 0 bridgehead atoms. The minimum absolute atomic E-state index is 0.168. The van der Waals surface area contributed by atoms with Crippen LogP contribution in [0.25, 0.3) is 0 Å². The largest absolute Gasteiger partial charge is 0.497 e. The molecule has 0 saturated heterocycles. The number of anilines is 1. The summed E-state index contributed by atoms with van der Waals surface area (Å²) in [6.07, 6.45) is 4.90. The number of hydrogen-bond acceptors (Lipinski definition) is 4. The number of carbonyl (C=O) groups excluding carboxylic acids is 2. The minimum Gasteiger partial charge on any atom is -0.497 e. The molecule has 0 atom stereocenters. The highest BCUT2D eigenvalue weighted by molar-refractivity contribution is 6.04. The summed E-state index contributed by atoms with van der Waals surface area (Å²) >= 11 is 0. The first-order valence-electron chi connectivity index (χ1n) is 11.4. The summed E-state index contributed by atoms with van der Waals surface area (Å²) < 4.78 is 5.17. The molecule has 0 aliphatic heterocycles. The number of ketones is 1. The van der Waals surface area contributed by atoms with Gasteiger partial charge in [-0.15, -0.1) is 0 Å². The molecule has 1 amide bonds. The normalized spacial score (nSPS) is 10.6. The Bertz CT molecular complexity index is 1040. The molecule has 5 nitrogen and oxygen atoms in total. The lowest BCUT2D eigenvalue weighted by atomic mass is 10.00. The van der Waals surface area contributed by atoms with Gasteiger partial charge >= 0.3 is 0 Å². The van der Waals surface area contributed by atoms with Crippen LogP contribution in [0.15, 0.2) is 72.8 Å². The van der Waals surface area contributed by atoms with E-state index in [4.69, 9.17) is 9.84 Å². The van der Waals surface area contributed by atoms with E-state index >= 15 is 0 Å². The Morgan fingerprint density at radius 1 is 0.818 bits per heavy atom. The van der Waals surface area contributed by atoms with Crippen molar-refractivity contribution in [2.75, 3.05) is 19.0 Å². The number of nitrogens with one attached hydrogen (secondary N) is 1. The highest BCUT2D eigenvalue weighted by Crippen LogP contribution is 2.18. The molecule has 172 valence electrons. The van der Waals surface area contributed by atoms with Gasteiger partial charge in [-0.25, -0.2) is 0 Å². The summed E-state index contributed by atoms with van der Waals surface area (Å²) in [4.78, 5) is 24.8. The number of aliphatic hydroxyl groups is 1. The zero-order valence-electron chi connectivity index (χ0n) is 19.0. The second-order valence-electron chi connectivity index (χ2n) is 8.07. The number of amides is 1. The average Bonchev–Trinajstić information content (AvgIpc) is 2.85. The van der Waals surface area contributed by atoms with Crippen LogP contribution < -0.4 is 10.1 Å². The molecule has 33 heavy (non-hydrogen) atoms. The smallest absolute Gasteiger partial charge is 0.255 e. The molecular formula is C28H31NO4. The van der Waals surface area contributed by atoms with Gasteiger partial charge < -0.3 is 15.2 Å². The Kier molecular flexibility index (Phi) is 9.21. The zero-order chi connectivity index (χ0) is 23.5. The van der Waals surface area contributed by atoms with Crippen LogP contribution in [0.4, 0.5) is 5.69 Å². The summed E-state index contributed by atoms with van der Waals surface area (Å²) in [6.45, 7) is 0.218. The molecule has 0 heterocycles. The highest BCUT2D eigenvalue weighted by atomic mass is 16.5. The van der Waals surface area contributed by atoms with Crippen molar-refractivity contribution in [3.8, 4) is 5.75 Å². The van der Waals surface area contributed by atoms with Crippen LogP contribution in [0.3, 0.4) is 0 Å². The van der Waals surface area contributed by atoms with Crippen molar-refractivity contribution in [1.82, 2.24) is 0 Å². The molecule has 0 aromatic heterocycles. The fraction of sp³-hybridized carbons (Fsp3) is 0.286. The lowest BCUT2D eigenvalue weighted by molar-refractivity contribution is 0.0977. The lowest BCUT2D eigenvalue weighted by Gasteiger charge is -2.08. The molecule has 0 fully saturated rings. The number of unbranched alkanes of at least 4 members (excludes halogenated alkanes) is 3. The first-order chi connectivity index (χ1) is 16.1. The van der Waals surface area contributed by atoms with Crippen molar-refractivity contribution in [2.45, 2.75) is 38.5 Å². The maximum absolute atomic E-state index is 12.5. The van der Waals surface area contributed by atoms with Gasteiger partial charge in [0, 0.05) is 29.8 Å². The number of benzene rings is 3. The third kappa shape index (κ3) is 7.58. The van der Waals surface area contributed by atoms with Crippen molar-refractivity contribution in [2.24, 2.45) is 0 Å². The molecule has 0 aliphatic carbocycles. The second-order valence-corrected chi connectivity index (χ2v) is 8.07. The molecule has 2 N–H and O–H groups in total. The van der Waals surface area contributed by atoms with E-state index in [2.05, 4.69) is 5.32 Å². The Morgan fingerprint density at radius 3 is 2.15 bits per heavy atom. The molecular weight excluding hydrogens is 414 g/mol. The molecule has 3 aromatic carbocycles. The van der Waals surface area contributed by atoms with Crippen molar-refractivity contribution in [3.63, 3.8) is 0 Å². The summed E-state index contributed by atoms with van der Waals surface area (Å²) in [5.41, 5.74) is 4.27. The fourth-order valence-electron chi connectivity index (χ4n) is 3.61. The van der Waals surface area contributed by atoms with Gasteiger partial charge in [0.1, 0.15) is 5.75 Å². The van der Waals surface area contributed by atoms with Gasteiger partial charge in [0.25, 0.3) is 5.91 Å². The third-order valence-electron chi connectivity index (χ3n) is 5.54. The molecule has 0 spiro atoms. The number of hydrogen-bond donors (Lipinski definition) is 2. The van der Waals surface area contributed by atoms with E-state index < -0.39 is 0 Å². The van der Waals surface area contributed by atoms with Gasteiger partial charge in [-0.2, -0.15) is 0 Å². The van der Waals surface area contributed by atoms with Crippen LogP contribution in [-0.4, -0.2) is 30.5 Å². The number of rotatable bonds is 12. The summed E-state index contributed by atoms with van der Waals surface area (Å²) in [5.74, 6) is 0.626. The van der Waals surface area contributed by atoms with E-state index in [9.17, 15) is 9.59 Å². The third-order valence-corrected chi connectivity index (χ3v) is 5.54. The predicted molar refractivity (Wildman–Crippen MR) is 131 cm³/mol. The first kappa shape index (κ1) is 24.2. The van der Waals surface area contributed by atoms with E-state index in [1.807, 2.05) is 48.5 Å². The lowest BCUT2D eigenvalue weighted by Crippen LogP contribution is -2.11. The second kappa shape index (κ2) is 12.6. The highest BCUT2D eigenvalue weighted by Gasteiger charge is 2.08. The number of Topliss-reactive ketones (excluding diaryl/α,β-unsaturated/α-hetero) is 1. The van der Waals surface area contributed by atoms with E-state index in [0.717, 1.165) is 54.5 Å². The Balaban J connectivity index is 1.51. The summed E-state index contributed by atoms with van der Waals surface area (Å²) in [7, 11) is 1.57. The van der Waals surface area contributed by atoms with Crippen LogP contribution >= 0.6 is 0 Å². The SMILES string of the molecule is COc1cccc(C(=O)Nc2ccc(Cc3ccc(C(=O)CCCCCCO)cc3)cc2)c1. The quantitative estimate of drug-likeness (QED) is 0.278. The molecule has 0 saturated carbocycles. The van der Waals surface area contributed by atoms with Gasteiger partial charge in [0.2, 0.25) is 0 Å². The predicted octanol–water partition coefficient (Wildman–Crippen LogP) is 5.66. The average molecular weight is 446 g/mol. The van der Waals surface area contributed by atoms with Gasteiger partial charge in [0.15, 0.2) is 5.78 Å². The van der Waals surface area contributed by atoms with E-state index in [0.29, 0.717) is 17.7 Å². The van der Waals surface area contributed by atoms with Gasteiger partial charge in [-0.3, -0.25) is 9.59 Å². The Labute approximate surface area is 195 Å². The minimum atomic E-state index is -0.185. The van der Waals surface area contributed by atoms with Crippen LogP contribution in [0.1, 0.15) is 63.9 Å². The number of carbonyl (C=O) groups is 2. The van der Waals surface area contributed by atoms with Gasteiger partial charge in [-0.1, -0.05) is 55.3 Å². The molecule has 0 unspecified atom stereocenters. The van der Waals surface area contributed by atoms with Crippen molar-refractivity contribution in [3.05, 3.63) is 95.1 Å². The van der Waals surface area contributed by atoms with Crippen molar-refractivity contribution < 1.29 is 19.4 Å². The van der Waals surface area contributed by atoms with E-state index in [1.165, 1.54) is 0 Å². The fourth-order valence-corrected chi connectivity index (χ4v) is 3.61. The van der Waals surface area contributed by atoms with Crippen molar-refractivity contribution >= 4 is 17.4 Å². The number of aliphatic hydroxyl groups excluding tert-OH is 1. The molecule has 3 aromatic rings. The topological polar surface area (TPSA) is 75.6 Å². The van der Waals surface area contributed by atoms with Crippen LogP contribution in [0.2, 0.25) is 0 Å². The Hall–Kier alpha value is -3.44. The standard InChI is InChI=1S/C28H31NO4/c1-33-26-8-6-7-24(20-26)28(32)29-25-16-12-22(13-17-25)19-21-10-14-23(15-11-21)27(31)9-4-2-3-5-18-30/h6-8,10-17,20,30H,2-5,9,18-19H2,1H3,(H,29,32). The van der Waals surface area contributed by atoms with Crippen LogP contribution in [0, 0.1) is 0 Å². The molecule has 0 radical (unpaired) electrons. The molecule has 0 aliphatic rings. The van der Waals surface area contributed by atoms with Gasteiger partial charge in [0.05, 0.1) is 7.11 Å². The molecule has 3 rings (SSSR count). The molecule has 5 heteroatoms. The maximum atomic E-state index is 12.5. The zero-order valence-corrected chi connectivity index (χ0v) is 19.0. The van der Waals surface area contributed by atoms with E-state index in [-0.39, 0.29) is 18.3 Å². The van der Waals surface area contributed by atoms with E-state index in [1.54, 1.807) is 31.4 Å².